The van der Waals surface area contributed by atoms with Crippen LogP contribution in [0.1, 0.15) is 0 Å². The van der Waals surface area contributed by atoms with Crippen LogP contribution in [0.25, 0.3) is 0 Å². The number of benzene rings is 6. The van der Waals surface area contributed by atoms with E-state index in [4.69, 9.17) is 41.9 Å². The molecule has 0 fully saturated rings. The van der Waals surface area contributed by atoms with Crippen molar-refractivity contribution in [1.29, 1.82) is 0 Å². The smallest absolute Gasteiger partial charge is 0.131 e. The molecule has 0 heterocycles. The summed E-state index contributed by atoms with van der Waals surface area (Å²) in [5, 5.41) is 0. The summed E-state index contributed by atoms with van der Waals surface area (Å²) in [5.41, 5.74) is 25.5. The second-order valence-corrected chi connectivity index (χ2v) is 9.64. The number of rotatable bonds is 8. The number of anilines is 4. The first-order valence-electron chi connectivity index (χ1n) is 13.7. The highest BCUT2D eigenvalue weighted by atomic mass is 16.5. The monoisotopic (exact) mass is 584 g/mol. The number of nitrogens with two attached hydrogens (primary N) is 4. The van der Waals surface area contributed by atoms with Crippen LogP contribution in [0.4, 0.5) is 22.7 Å². The fourth-order valence-electron chi connectivity index (χ4n) is 3.95. The first-order chi connectivity index (χ1) is 21.4. The van der Waals surface area contributed by atoms with Crippen molar-refractivity contribution >= 4 is 22.7 Å². The fourth-order valence-corrected chi connectivity index (χ4v) is 3.95. The molecule has 0 aliphatic rings. The van der Waals surface area contributed by atoms with Gasteiger partial charge in [0.25, 0.3) is 0 Å². The van der Waals surface area contributed by atoms with Gasteiger partial charge in [-0.25, -0.2) is 0 Å². The molecule has 0 saturated carbocycles. The van der Waals surface area contributed by atoms with Crippen LogP contribution in [0.15, 0.2) is 146 Å². The zero-order chi connectivity index (χ0) is 30.7. The summed E-state index contributed by atoms with van der Waals surface area (Å²) in [7, 11) is 0. The Labute approximate surface area is 256 Å². The second kappa shape index (κ2) is 14.1. The Balaban J connectivity index is 0.000000175. The van der Waals surface area contributed by atoms with Crippen LogP contribution in [0.3, 0.4) is 0 Å². The van der Waals surface area contributed by atoms with Gasteiger partial charge in [0.15, 0.2) is 0 Å². The van der Waals surface area contributed by atoms with E-state index in [1.807, 2.05) is 109 Å². The summed E-state index contributed by atoms with van der Waals surface area (Å²) in [6.45, 7) is 0. The van der Waals surface area contributed by atoms with E-state index >= 15 is 0 Å². The third kappa shape index (κ3) is 8.86. The van der Waals surface area contributed by atoms with Gasteiger partial charge in [-0.1, -0.05) is 18.2 Å². The topological polar surface area (TPSA) is 141 Å². The molecule has 8 N–H and O–H groups in total. The van der Waals surface area contributed by atoms with E-state index in [2.05, 4.69) is 0 Å². The van der Waals surface area contributed by atoms with Crippen LogP contribution < -0.4 is 41.9 Å². The van der Waals surface area contributed by atoms with E-state index in [1.54, 1.807) is 36.4 Å². The van der Waals surface area contributed by atoms with Gasteiger partial charge in [-0.15, -0.1) is 0 Å². The highest BCUT2D eigenvalue weighted by Crippen LogP contribution is 2.30. The van der Waals surface area contributed by atoms with Gasteiger partial charge in [0.05, 0.1) is 0 Å². The minimum atomic E-state index is 0.666. The van der Waals surface area contributed by atoms with Gasteiger partial charge in [0.1, 0.15) is 46.0 Å². The zero-order valence-electron chi connectivity index (χ0n) is 23.8. The lowest BCUT2D eigenvalue weighted by Crippen LogP contribution is -1.89. The molecule has 8 heteroatoms. The molecule has 0 bridgehead atoms. The van der Waals surface area contributed by atoms with Gasteiger partial charge in [0.2, 0.25) is 0 Å². The van der Waals surface area contributed by atoms with Crippen molar-refractivity contribution in [3.05, 3.63) is 146 Å². The Bertz CT molecular complexity index is 1660. The van der Waals surface area contributed by atoms with Crippen LogP contribution in [0.5, 0.6) is 46.0 Å². The predicted octanol–water partition coefficient (Wildman–Crippen LogP) is 8.87. The number of ether oxygens (including phenoxy) is 4. The third-order valence-electron chi connectivity index (χ3n) is 6.05. The lowest BCUT2D eigenvalue weighted by molar-refractivity contribution is 0.460. The molecule has 44 heavy (non-hydrogen) atoms. The van der Waals surface area contributed by atoms with Crippen LogP contribution in [0.2, 0.25) is 0 Å². The van der Waals surface area contributed by atoms with Crippen molar-refractivity contribution in [3.8, 4) is 46.0 Å². The highest BCUT2D eigenvalue weighted by Gasteiger charge is 2.03. The maximum absolute atomic E-state index is 5.78. The van der Waals surface area contributed by atoms with Gasteiger partial charge in [-0.3, -0.25) is 0 Å². The minimum Gasteiger partial charge on any atom is -0.457 e. The highest BCUT2D eigenvalue weighted by molar-refractivity contribution is 5.48. The van der Waals surface area contributed by atoms with Crippen LogP contribution >= 0.6 is 0 Å². The molecule has 0 radical (unpaired) electrons. The molecular weight excluding hydrogens is 552 g/mol. The molecule has 0 saturated heterocycles. The van der Waals surface area contributed by atoms with Crippen LogP contribution in [-0.2, 0) is 0 Å². The maximum Gasteiger partial charge on any atom is 0.131 e. The molecule has 0 amide bonds. The number of hydrogen-bond donors (Lipinski definition) is 4. The summed E-state index contributed by atoms with van der Waals surface area (Å²) in [5.74, 6) is 5.65. The third-order valence-corrected chi connectivity index (χ3v) is 6.05. The lowest BCUT2D eigenvalue weighted by Gasteiger charge is -2.09. The molecule has 8 nitrogen and oxygen atoms in total. The first-order valence-corrected chi connectivity index (χ1v) is 13.7. The van der Waals surface area contributed by atoms with Crippen LogP contribution in [-0.4, -0.2) is 0 Å². The van der Waals surface area contributed by atoms with Gasteiger partial charge < -0.3 is 41.9 Å². The SMILES string of the molecule is Nc1ccc(Oc2cccc(Oc3ccc(N)cc3)c2)cc1.Nc1cccc(Oc2ccc(Oc3cccc(N)c3)cc2)c1. The molecule has 0 aliphatic carbocycles. The molecule has 0 spiro atoms. The molecule has 0 unspecified atom stereocenters. The van der Waals surface area contributed by atoms with Gasteiger partial charge >= 0.3 is 0 Å². The number of nitrogen functional groups attached to an aromatic ring is 4. The Morgan fingerprint density at radius 1 is 0.250 bits per heavy atom. The first kappa shape index (κ1) is 29.2. The van der Waals surface area contributed by atoms with Gasteiger partial charge in [-0.05, 0) is 109 Å². The van der Waals surface area contributed by atoms with Crippen molar-refractivity contribution in [2.24, 2.45) is 0 Å². The molecule has 0 atom stereocenters. The molecule has 6 rings (SSSR count). The van der Waals surface area contributed by atoms with Crippen molar-refractivity contribution in [2.75, 3.05) is 22.9 Å². The number of hydrogen-bond acceptors (Lipinski definition) is 8. The van der Waals surface area contributed by atoms with E-state index in [1.165, 1.54) is 0 Å². The lowest BCUT2D eigenvalue weighted by atomic mass is 10.3. The maximum atomic E-state index is 5.78. The largest absolute Gasteiger partial charge is 0.457 e. The standard InChI is InChI=1S/2C18H16N2O2/c19-13-3-1-5-17(11-13)21-15-7-9-16(10-8-15)22-18-6-2-4-14(20)12-18;19-13-4-8-15(9-5-13)21-17-2-1-3-18(12-17)22-16-10-6-14(20)7-11-16/h2*1-12H,19-20H2. The quantitative estimate of drug-likeness (QED) is 0.130. The second-order valence-electron chi connectivity index (χ2n) is 9.64. The molecule has 0 aliphatic heterocycles. The molecule has 6 aromatic rings. The van der Waals surface area contributed by atoms with Crippen molar-refractivity contribution in [2.45, 2.75) is 0 Å². The van der Waals surface area contributed by atoms with E-state index in [-0.39, 0.29) is 0 Å². The normalized spacial score (nSPS) is 10.2. The molecule has 0 aromatic heterocycles. The van der Waals surface area contributed by atoms with Crippen molar-refractivity contribution < 1.29 is 18.9 Å². The zero-order valence-corrected chi connectivity index (χ0v) is 23.8. The summed E-state index contributed by atoms with van der Waals surface area (Å²) in [4.78, 5) is 0. The summed E-state index contributed by atoms with van der Waals surface area (Å²) in [6, 6.07) is 43.8. The van der Waals surface area contributed by atoms with E-state index in [9.17, 15) is 0 Å². The average Bonchev–Trinajstić information content (AvgIpc) is 3.01. The van der Waals surface area contributed by atoms with Crippen LogP contribution in [0, 0.1) is 0 Å². The summed E-state index contributed by atoms with van der Waals surface area (Å²) >= 11 is 0. The Kier molecular flexibility index (Phi) is 9.34. The van der Waals surface area contributed by atoms with E-state index in [0.717, 1.165) is 11.5 Å². The van der Waals surface area contributed by atoms with Crippen molar-refractivity contribution in [1.82, 2.24) is 0 Å². The Morgan fingerprint density at radius 3 is 0.841 bits per heavy atom. The summed E-state index contributed by atoms with van der Waals surface area (Å²) in [6.07, 6.45) is 0. The van der Waals surface area contributed by atoms with Gasteiger partial charge in [-0.2, -0.15) is 0 Å². The minimum absolute atomic E-state index is 0.666. The summed E-state index contributed by atoms with van der Waals surface area (Å²) < 4.78 is 23.0. The Morgan fingerprint density at radius 2 is 0.523 bits per heavy atom. The van der Waals surface area contributed by atoms with E-state index in [0.29, 0.717) is 57.2 Å². The molecule has 6 aromatic carbocycles. The molecule has 220 valence electrons. The predicted molar refractivity (Wildman–Crippen MR) is 177 cm³/mol. The molecular formula is C36H32N4O4. The average molecular weight is 585 g/mol. The van der Waals surface area contributed by atoms with Gasteiger partial charge in [0, 0.05) is 40.9 Å². The van der Waals surface area contributed by atoms with Crippen molar-refractivity contribution in [3.63, 3.8) is 0 Å². The van der Waals surface area contributed by atoms with E-state index < -0.39 is 0 Å². The Hall–Kier alpha value is -6.28. The fraction of sp³-hybridized carbons (Fsp3) is 0.